The molecule has 1 aromatic rings. The van der Waals surface area contributed by atoms with Crippen LogP contribution in [0.5, 0.6) is 0 Å². The van der Waals surface area contributed by atoms with Gasteiger partial charge in [0.2, 0.25) is 0 Å². The van der Waals surface area contributed by atoms with Crippen LogP contribution in [0.3, 0.4) is 0 Å². The lowest BCUT2D eigenvalue weighted by Gasteiger charge is -2.02. The summed E-state index contributed by atoms with van der Waals surface area (Å²) in [5, 5.41) is 9.77. The Hall–Kier alpha value is -0.600. The van der Waals surface area contributed by atoms with Crippen molar-refractivity contribution in [3.8, 4) is 0 Å². The van der Waals surface area contributed by atoms with Crippen molar-refractivity contribution in [2.45, 2.75) is 13.5 Å². The largest absolute Gasteiger partial charge is 0.392 e. The van der Waals surface area contributed by atoms with Gasteiger partial charge in [0.1, 0.15) is 0 Å². The lowest BCUT2D eigenvalue weighted by molar-refractivity contribution is 0.282. The third-order valence-corrected chi connectivity index (χ3v) is 2.28. The Balaban J connectivity index is 2.91. The average Bonchev–Trinajstić information content (AvgIpc) is 2.16. The summed E-state index contributed by atoms with van der Waals surface area (Å²) in [5.41, 5.74) is 3.37. The predicted molar refractivity (Wildman–Crippen MR) is 59.9 cm³/mol. The molecule has 0 aliphatic carbocycles. The van der Waals surface area contributed by atoms with Crippen LogP contribution in [0.4, 0.5) is 0 Å². The maximum Gasteiger partial charge on any atom is 0.0681 e. The van der Waals surface area contributed by atoms with Gasteiger partial charge >= 0.3 is 0 Å². The highest BCUT2D eigenvalue weighted by molar-refractivity contribution is 9.09. The van der Waals surface area contributed by atoms with Crippen LogP contribution in [0, 0.1) is 6.92 Å². The van der Waals surface area contributed by atoms with Crippen LogP contribution in [0.25, 0.3) is 6.08 Å². The molecule has 0 bridgehead atoms. The van der Waals surface area contributed by atoms with E-state index in [-0.39, 0.29) is 6.61 Å². The molecule has 0 fully saturated rings. The quantitative estimate of drug-likeness (QED) is 0.806. The zero-order valence-corrected chi connectivity index (χ0v) is 9.21. The van der Waals surface area contributed by atoms with E-state index < -0.39 is 0 Å². The summed E-state index contributed by atoms with van der Waals surface area (Å²) in [6.45, 7) is 2.16. The Morgan fingerprint density at radius 2 is 2.23 bits per heavy atom. The van der Waals surface area contributed by atoms with Crippen molar-refractivity contribution in [3.05, 3.63) is 41.0 Å². The van der Waals surface area contributed by atoms with Gasteiger partial charge in [-0.05, 0) is 23.6 Å². The zero-order valence-electron chi connectivity index (χ0n) is 7.63. The number of aliphatic hydroxyl groups is 1. The number of halogens is 1. The number of alkyl halides is 1. The highest BCUT2D eigenvalue weighted by atomic mass is 79.9. The maximum absolute atomic E-state index is 8.90. The molecule has 0 aliphatic rings. The van der Waals surface area contributed by atoms with Crippen LogP contribution in [0.2, 0.25) is 0 Å². The summed E-state index contributed by atoms with van der Waals surface area (Å²) < 4.78 is 0. The average molecular weight is 241 g/mol. The van der Waals surface area contributed by atoms with E-state index in [1.54, 1.807) is 0 Å². The lowest BCUT2D eigenvalue weighted by atomic mass is 10.1. The number of rotatable bonds is 3. The van der Waals surface area contributed by atoms with Crippen LogP contribution in [-0.4, -0.2) is 10.4 Å². The summed E-state index contributed by atoms with van der Waals surface area (Å²) in [4.78, 5) is 0. The summed E-state index contributed by atoms with van der Waals surface area (Å²) in [6, 6.07) is 5.98. The topological polar surface area (TPSA) is 20.2 Å². The molecule has 0 heterocycles. The van der Waals surface area contributed by atoms with Gasteiger partial charge in [-0.3, -0.25) is 0 Å². The van der Waals surface area contributed by atoms with Crippen LogP contribution in [-0.2, 0) is 6.61 Å². The monoisotopic (exact) mass is 240 g/mol. The second-order valence-electron chi connectivity index (χ2n) is 2.91. The van der Waals surface area contributed by atoms with E-state index in [9.17, 15) is 0 Å². The first-order valence-corrected chi connectivity index (χ1v) is 5.33. The van der Waals surface area contributed by atoms with Crippen molar-refractivity contribution in [3.63, 3.8) is 0 Å². The van der Waals surface area contributed by atoms with Gasteiger partial charge in [0.15, 0.2) is 0 Å². The molecule has 0 unspecified atom stereocenters. The van der Waals surface area contributed by atoms with Gasteiger partial charge in [0, 0.05) is 5.33 Å². The summed E-state index contributed by atoms with van der Waals surface area (Å²) >= 11 is 3.33. The fraction of sp³-hybridized carbons (Fsp3) is 0.273. The van der Waals surface area contributed by atoms with Crippen LogP contribution < -0.4 is 0 Å². The Bertz CT molecular complexity index is 305. The molecule has 70 valence electrons. The Labute approximate surface area is 87.2 Å². The molecule has 1 nitrogen and oxygen atoms in total. The smallest absolute Gasteiger partial charge is 0.0681 e. The maximum atomic E-state index is 8.90. The molecule has 0 spiro atoms. The molecule has 2 heteroatoms. The van der Waals surface area contributed by atoms with E-state index in [2.05, 4.69) is 28.1 Å². The Morgan fingerprint density at radius 3 is 2.77 bits per heavy atom. The molecule has 1 aromatic carbocycles. The molecule has 1 N–H and O–H groups in total. The third kappa shape index (κ3) is 2.98. The minimum atomic E-state index is 0.114. The first kappa shape index (κ1) is 10.5. The van der Waals surface area contributed by atoms with Crippen molar-refractivity contribution in [1.82, 2.24) is 0 Å². The van der Waals surface area contributed by atoms with Gasteiger partial charge < -0.3 is 5.11 Å². The molecule has 0 amide bonds. The standard InChI is InChI=1S/C11H13BrO/c1-9-7-10(8-13)4-5-11(9)3-2-6-12/h2-5,7,13H,6,8H2,1H3. The van der Waals surface area contributed by atoms with Gasteiger partial charge in [0.05, 0.1) is 6.61 Å². The summed E-state index contributed by atoms with van der Waals surface area (Å²) in [5.74, 6) is 0. The number of hydrogen-bond acceptors (Lipinski definition) is 1. The van der Waals surface area contributed by atoms with Gasteiger partial charge in [-0.1, -0.05) is 46.3 Å². The fourth-order valence-corrected chi connectivity index (χ4v) is 1.38. The van der Waals surface area contributed by atoms with E-state index in [1.807, 2.05) is 25.1 Å². The predicted octanol–water partition coefficient (Wildman–Crippen LogP) is 2.90. The van der Waals surface area contributed by atoms with E-state index in [1.165, 1.54) is 11.1 Å². The van der Waals surface area contributed by atoms with Gasteiger partial charge in [-0.15, -0.1) is 0 Å². The number of aliphatic hydroxyl groups excluding tert-OH is 1. The number of hydrogen-bond donors (Lipinski definition) is 1. The van der Waals surface area contributed by atoms with Crippen LogP contribution in [0.15, 0.2) is 24.3 Å². The third-order valence-electron chi connectivity index (χ3n) is 1.90. The van der Waals surface area contributed by atoms with Crippen molar-refractivity contribution in [1.29, 1.82) is 0 Å². The summed E-state index contributed by atoms with van der Waals surface area (Å²) in [6.07, 6.45) is 4.13. The molecule has 0 aliphatic heterocycles. The minimum Gasteiger partial charge on any atom is -0.392 e. The molecule has 0 aromatic heterocycles. The molecule has 1 rings (SSSR count). The molecule has 0 saturated heterocycles. The molecular formula is C11H13BrO. The first-order valence-electron chi connectivity index (χ1n) is 4.21. The Kier molecular flexibility index (Phi) is 4.19. The highest BCUT2D eigenvalue weighted by Gasteiger charge is 1.95. The number of aryl methyl sites for hydroxylation is 1. The SMILES string of the molecule is Cc1cc(CO)ccc1C=CCBr. The van der Waals surface area contributed by atoms with Crippen LogP contribution >= 0.6 is 15.9 Å². The summed E-state index contributed by atoms with van der Waals surface area (Å²) in [7, 11) is 0. The van der Waals surface area contributed by atoms with Crippen molar-refractivity contribution >= 4 is 22.0 Å². The van der Waals surface area contributed by atoms with E-state index in [4.69, 9.17) is 5.11 Å². The van der Waals surface area contributed by atoms with Crippen molar-refractivity contribution in [2.24, 2.45) is 0 Å². The van der Waals surface area contributed by atoms with E-state index in [0.717, 1.165) is 10.9 Å². The van der Waals surface area contributed by atoms with E-state index in [0.29, 0.717) is 0 Å². The highest BCUT2D eigenvalue weighted by Crippen LogP contribution is 2.12. The van der Waals surface area contributed by atoms with Gasteiger partial charge in [0.25, 0.3) is 0 Å². The fourth-order valence-electron chi connectivity index (χ4n) is 1.19. The number of benzene rings is 1. The first-order chi connectivity index (χ1) is 6.27. The molecule has 0 radical (unpaired) electrons. The van der Waals surface area contributed by atoms with Gasteiger partial charge in [-0.25, -0.2) is 0 Å². The van der Waals surface area contributed by atoms with Crippen LogP contribution in [0.1, 0.15) is 16.7 Å². The number of allylic oxidation sites excluding steroid dienone is 1. The minimum absolute atomic E-state index is 0.114. The second kappa shape index (κ2) is 5.20. The molecular weight excluding hydrogens is 228 g/mol. The van der Waals surface area contributed by atoms with Crippen molar-refractivity contribution < 1.29 is 5.11 Å². The van der Waals surface area contributed by atoms with Crippen molar-refractivity contribution in [2.75, 3.05) is 5.33 Å². The molecule has 13 heavy (non-hydrogen) atoms. The zero-order chi connectivity index (χ0) is 9.68. The second-order valence-corrected chi connectivity index (χ2v) is 3.55. The molecule has 0 atom stereocenters. The molecule has 0 saturated carbocycles. The Morgan fingerprint density at radius 1 is 1.46 bits per heavy atom. The lowest BCUT2D eigenvalue weighted by Crippen LogP contribution is -1.86. The normalized spacial score (nSPS) is 11.0. The van der Waals surface area contributed by atoms with E-state index >= 15 is 0 Å². The van der Waals surface area contributed by atoms with Gasteiger partial charge in [-0.2, -0.15) is 0 Å².